The fourth-order valence-corrected chi connectivity index (χ4v) is 3.08. The highest BCUT2D eigenvalue weighted by atomic mass is 32.1. The van der Waals surface area contributed by atoms with Crippen LogP contribution in [0.2, 0.25) is 0 Å². The second-order valence-corrected chi connectivity index (χ2v) is 5.97. The lowest BCUT2D eigenvalue weighted by Crippen LogP contribution is -2.37. The maximum Gasteiger partial charge on any atom is 0.0596 e. The molecule has 19 heavy (non-hydrogen) atoms. The van der Waals surface area contributed by atoms with E-state index >= 15 is 0 Å². The van der Waals surface area contributed by atoms with Crippen molar-refractivity contribution < 1.29 is 0 Å². The van der Waals surface area contributed by atoms with Crippen LogP contribution < -0.4 is 11.3 Å². The van der Waals surface area contributed by atoms with E-state index in [1.807, 2.05) is 30.0 Å². The molecule has 2 heterocycles. The molecule has 0 amide bonds. The van der Waals surface area contributed by atoms with E-state index in [4.69, 9.17) is 5.84 Å². The molecule has 0 aliphatic heterocycles. The van der Waals surface area contributed by atoms with Crippen LogP contribution in [0.15, 0.2) is 23.6 Å². The fraction of sp³-hybridized carbons (Fsp3) is 0.500. The molecule has 4 nitrogen and oxygen atoms in total. The van der Waals surface area contributed by atoms with Gasteiger partial charge in [-0.25, -0.2) is 0 Å². The number of nitrogens with two attached hydrogens (primary N) is 1. The molecular weight excluding hydrogens is 256 g/mol. The lowest BCUT2D eigenvalue weighted by atomic mass is 10.0. The minimum absolute atomic E-state index is 0.315. The quantitative estimate of drug-likeness (QED) is 0.603. The molecule has 2 aromatic heterocycles. The van der Waals surface area contributed by atoms with Crippen molar-refractivity contribution in [2.45, 2.75) is 38.6 Å². The van der Waals surface area contributed by atoms with E-state index in [1.54, 1.807) is 0 Å². The van der Waals surface area contributed by atoms with Crippen LogP contribution in [0.1, 0.15) is 29.1 Å². The summed E-state index contributed by atoms with van der Waals surface area (Å²) in [6.07, 6.45) is 4.31. The van der Waals surface area contributed by atoms with Crippen LogP contribution in [-0.2, 0) is 19.9 Å². The van der Waals surface area contributed by atoms with Crippen LogP contribution in [0.4, 0.5) is 0 Å². The largest absolute Gasteiger partial charge is 0.272 e. The average molecular weight is 278 g/mol. The average Bonchev–Trinajstić information content (AvgIpc) is 2.98. The van der Waals surface area contributed by atoms with Gasteiger partial charge in [-0.3, -0.25) is 16.0 Å². The number of hydrazine groups is 1. The van der Waals surface area contributed by atoms with Crippen molar-refractivity contribution in [3.05, 3.63) is 39.8 Å². The van der Waals surface area contributed by atoms with Gasteiger partial charge in [0.05, 0.1) is 5.69 Å². The summed E-state index contributed by atoms with van der Waals surface area (Å²) >= 11 is 1.83. The van der Waals surface area contributed by atoms with Gasteiger partial charge < -0.3 is 0 Å². The SMILES string of the molecule is Cc1cc(CC(CCCc2cccs2)NN)n(C)n1. The third kappa shape index (κ3) is 4.16. The first kappa shape index (κ1) is 14.2. The molecule has 1 unspecified atom stereocenters. The number of nitrogens with zero attached hydrogens (tertiary/aromatic N) is 2. The predicted molar refractivity (Wildman–Crippen MR) is 80.0 cm³/mol. The Bertz CT molecular complexity index is 490. The smallest absolute Gasteiger partial charge is 0.0596 e. The zero-order valence-corrected chi connectivity index (χ0v) is 12.4. The highest BCUT2D eigenvalue weighted by Gasteiger charge is 2.11. The summed E-state index contributed by atoms with van der Waals surface area (Å²) in [5.74, 6) is 5.66. The number of aryl methyl sites for hydroxylation is 3. The Morgan fingerprint density at radius 3 is 2.95 bits per heavy atom. The van der Waals surface area contributed by atoms with Crippen LogP contribution in [0.5, 0.6) is 0 Å². The Kier molecular flexibility index (Phi) is 5.13. The van der Waals surface area contributed by atoms with Gasteiger partial charge in [0.25, 0.3) is 0 Å². The number of nitrogens with one attached hydrogen (secondary N) is 1. The first-order valence-electron chi connectivity index (χ1n) is 6.67. The summed E-state index contributed by atoms with van der Waals surface area (Å²) in [4.78, 5) is 1.45. The standard InChI is InChI=1S/C14H22N4S/c1-11-9-13(18(2)17-11)10-12(16-15)5-3-6-14-7-4-8-19-14/h4,7-9,12,16H,3,5-6,10,15H2,1-2H3. The first-order chi connectivity index (χ1) is 9.19. The summed E-state index contributed by atoms with van der Waals surface area (Å²) in [5, 5.41) is 6.50. The van der Waals surface area contributed by atoms with Gasteiger partial charge in [-0.15, -0.1) is 11.3 Å². The number of hydrogen-bond donors (Lipinski definition) is 2. The van der Waals surface area contributed by atoms with E-state index in [-0.39, 0.29) is 0 Å². The highest BCUT2D eigenvalue weighted by Crippen LogP contribution is 2.14. The maximum absolute atomic E-state index is 5.66. The molecule has 0 aliphatic carbocycles. The Balaban J connectivity index is 1.81. The second kappa shape index (κ2) is 6.84. The summed E-state index contributed by atoms with van der Waals surface area (Å²) < 4.78 is 1.94. The van der Waals surface area contributed by atoms with Gasteiger partial charge in [0, 0.05) is 30.1 Å². The first-order valence-corrected chi connectivity index (χ1v) is 7.55. The maximum atomic E-state index is 5.66. The Morgan fingerprint density at radius 2 is 2.37 bits per heavy atom. The van der Waals surface area contributed by atoms with Crippen LogP contribution >= 0.6 is 11.3 Å². The Morgan fingerprint density at radius 1 is 1.53 bits per heavy atom. The summed E-state index contributed by atoms with van der Waals surface area (Å²) in [6.45, 7) is 2.02. The van der Waals surface area contributed by atoms with Crippen molar-refractivity contribution in [3.63, 3.8) is 0 Å². The molecule has 2 rings (SSSR count). The van der Waals surface area contributed by atoms with E-state index in [0.717, 1.165) is 31.4 Å². The minimum atomic E-state index is 0.315. The molecule has 0 spiro atoms. The molecule has 0 fully saturated rings. The molecule has 0 saturated heterocycles. The lowest BCUT2D eigenvalue weighted by Gasteiger charge is -2.15. The summed E-state index contributed by atoms with van der Waals surface area (Å²) in [5.41, 5.74) is 5.22. The molecule has 0 radical (unpaired) electrons. The molecule has 0 aliphatic rings. The molecular formula is C14H22N4S. The number of aromatic nitrogens is 2. The fourth-order valence-electron chi connectivity index (χ4n) is 2.33. The van der Waals surface area contributed by atoms with Gasteiger partial charge in [0.15, 0.2) is 0 Å². The van der Waals surface area contributed by atoms with Gasteiger partial charge in [0.2, 0.25) is 0 Å². The molecule has 2 aromatic rings. The van der Waals surface area contributed by atoms with Crippen molar-refractivity contribution >= 4 is 11.3 Å². The van der Waals surface area contributed by atoms with Crippen LogP contribution in [0.25, 0.3) is 0 Å². The third-order valence-electron chi connectivity index (χ3n) is 3.35. The Labute approximate surface area is 118 Å². The molecule has 1 atom stereocenters. The predicted octanol–water partition coefficient (Wildman–Crippen LogP) is 2.19. The molecule has 0 aromatic carbocycles. The minimum Gasteiger partial charge on any atom is -0.272 e. The highest BCUT2D eigenvalue weighted by molar-refractivity contribution is 7.09. The van der Waals surface area contributed by atoms with E-state index in [2.05, 4.69) is 34.1 Å². The number of thiophene rings is 1. The summed E-state index contributed by atoms with van der Waals surface area (Å²) in [6, 6.07) is 6.75. The van der Waals surface area contributed by atoms with Crippen molar-refractivity contribution in [2.24, 2.45) is 12.9 Å². The van der Waals surface area contributed by atoms with Gasteiger partial charge in [-0.05, 0) is 43.7 Å². The van der Waals surface area contributed by atoms with Gasteiger partial charge in [0.1, 0.15) is 0 Å². The van der Waals surface area contributed by atoms with Gasteiger partial charge in [-0.2, -0.15) is 5.10 Å². The summed E-state index contributed by atoms with van der Waals surface area (Å²) in [7, 11) is 1.99. The topological polar surface area (TPSA) is 55.9 Å². The van der Waals surface area contributed by atoms with E-state index in [1.165, 1.54) is 10.6 Å². The number of hydrogen-bond acceptors (Lipinski definition) is 4. The molecule has 5 heteroatoms. The zero-order valence-electron chi connectivity index (χ0n) is 11.6. The van der Waals surface area contributed by atoms with Crippen molar-refractivity contribution in [1.82, 2.24) is 15.2 Å². The molecule has 0 saturated carbocycles. The zero-order chi connectivity index (χ0) is 13.7. The van der Waals surface area contributed by atoms with Gasteiger partial charge in [-0.1, -0.05) is 6.07 Å². The van der Waals surface area contributed by atoms with E-state index < -0.39 is 0 Å². The van der Waals surface area contributed by atoms with E-state index in [0.29, 0.717) is 6.04 Å². The molecule has 104 valence electrons. The monoisotopic (exact) mass is 278 g/mol. The Hall–Kier alpha value is -1.17. The number of rotatable bonds is 7. The van der Waals surface area contributed by atoms with Crippen LogP contribution in [0, 0.1) is 6.92 Å². The lowest BCUT2D eigenvalue weighted by molar-refractivity contribution is 0.465. The molecule has 0 bridgehead atoms. The van der Waals surface area contributed by atoms with Crippen LogP contribution in [0.3, 0.4) is 0 Å². The van der Waals surface area contributed by atoms with Crippen molar-refractivity contribution in [1.29, 1.82) is 0 Å². The van der Waals surface area contributed by atoms with Crippen LogP contribution in [-0.4, -0.2) is 15.8 Å². The normalized spacial score (nSPS) is 12.8. The molecule has 3 N–H and O–H groups in total. The van der Waals surface area contributed by atoms with Crippen molar-refractivity contribution in [3.8, 4) is 0 Å². The van der Waals surface area contributed by atoms with E-state index in [9.17, 15) is 0 Å². The third-order valence-corrected chi connectivity index (χ3v) is 4.28. The van der Waals surface area contributed by atoms with Crippen molar-refractivity contribution in [2.75, 3.05) is 0 Å². The second-order valence-electron chi connectivity index (χ2n) is 4.94. The van der Waals surface area contributed by atoms with Gasteiger partial charge >= 0.3 is 0 Å².